The number of rotatable bonds is 17. The predicted molar refractivity (Wildman–Crippen MR) is 95.4 cm³/mol. The highest BCUT2D eigenvalue weighted by atomic mass is 16.7. The molecule has 0 unspecified atom stereocenters. The Morgan fingerprint density at radius 3 is 1.83 bits per heavy atom. The lowest BCUT2D eigenvalue weighted by Crippen LogP contribution is -2.30. The van der Waals surface area contributed by atoms with Gasteiger partial charge in [-0.2, -0.15) is 5.90 Å². The molecule has 0 saturated carbocycles. The van der Waals surface area contributed by atoms with Crippen LogP contribution in [0.15, 0.2) is 0 Å². The molecular weight excluding hydrogens is 308 g/mol. The number of aliphatic carboxylic acids is 1. The fraction of sp³-hybridized carbons (Fsp3) is 0.889. The maximum atomic E-state index is 11.1. The first kappa shape index (κ1) is 22.9. The van der Waals surface area contributed by atoms with E-state index >= 15 is 0 Å². The summed E-state index contributed by atoms with van der Waals surface area (Å²) in [4.78, 5) is 28.0. The lowest BCUT2D eigenvalue weighted by molar-refractivity contribution is -0.144. The van der Waals surface area contributed by atoms with Crippen LogP contribution in [0.2, 0.25) is 0 Å². The zero-order chi connectivity index (χ0) is 18.0. The summed E-state index contributed by atoms with van der Waals surface area (Å²) in [7, 11) is 0. The second kappa shape index (κ2) is 16.7. The first-order valence-electron chi connectivity index (χ1n) is 9.43. The number of carboxylic acid groups (broad SMARTS) is 1. The standard InChI is InChI=1S/C18H36N2O4/c1-2-3-4-5-6-7-8-9-10-11-14-20(15-12-17(21)22)16-13-18(23)24-19/h2-16,19H2,1H3,(H,21,22). The van der Waals surface area contributed by atoms with Gasteiger partial charge in [0, 0.05) is 13.1 Å². The quantitative estimate of drug-likeness (QED) is 0.310. The highest BCUT2D eigenvalue weighted by Crippen LogP contribution is 2.11. The van der Waals surface area contributed by atoms with E-state index in [-0.39, 0.29) is 12.8 Å². The minimum atomic E-state index is -0.815. The first-order chi connectivity index (χ1) is 11.6. The molecule has 24 heavy (non-hydrogen) atoms. The Morgan fingerprint density at radius 1 is 0.833 bits per heavy atom. The molecule has 0 aliphatic heterocycles. The van der Waals surface area contributed by atoms with Crippen LogP contribution in [0, 0.1) is 0 Å². The first-order valence-corrected chi connectivity index (χ1v) is 9.43. The lowest BCUT2D eigenvalue weighted by atomic mass is 10.1. The van der Waals surface area contributed by atoms with Crippen LogP contribution >= 0.6 is 0 Å². The average Bonchev–Trinajstić information content (AvgIpc) is 2.57. The summed E-state index contributed by atoms with van der Waals surface area (Å²) in [5, 5.41) is 8.79. The van der Waals surface area contributed by atoms with Gasteiger partial charge in [0.25, 0.3) is 0 Å². The summed E-state index contributed by atoms with van der Waals surface area (Å²) in [5.74, 6) is 3.55. The van der Waals surface area contributed by atoms with Gasteiger partial charge in [-0.05, 0) is 13.0 Å². The summed E-state index contributed by atoms with van der Waals surface area (Å²) in [5.41, 5.74) is 0. The number of carbonyl (C=O) groups is 2. The Bertz CT molecular complexity index is 324. The third kappa shape index (κ3) is 15.7. The predicted octanol–water partition coefficient (Wildman–Crippen LogP) is 3.49. The largest absolute Gasteiger partial charge is 0.481 e. The fourth-order valence-corrected chi connectivity index (χ4v) is 2.72. The SMILES string of the molecule is CCCCCCCCCCCCN(CCC(=O)O)CCC(=O)ON. The van der Waals surface area contributed by atoms with Crippen molar-refractivity contribution in [2.24, 2.45) is 5.90 Å². The molecule has 0 aromatic carbocycles. The van der Waals surface area contributed by atoms with Crippen LogP contribution in [0.5, 0.6) is 0 Å². The maximum Gasteiger partial charge on any atom is 0.325 e. The van der Waals surface area contributed by atoms with Crippen molar-refractivity contribution in [2.75, 3.05) is 19.6 Å². The summed E-state index contributed by atoms with van der Waals surface area (Å²) >= 11 is 0. The minimum Gasteiger partial charge on any atom is -0.481 e. The van der Waals surface area contributed by atoms with Crippen LogP contribution in [-0.4, -0.2) is 41.6 Å². The molecule has 0 radical (unpaired) electrons. The van der Waals surface area contributed by atoms with Gasteiger partial charge in [0.1, 0.15) is 0 Å². The third-order valence-corrected chi connectivity index (χ3v) is 4.23. The van der Waals surface area contributed by atoms with Crippen LogP contribution < -0.4 is 5.90 Å². The fourth-order valence-electron chi connectivity index (χ4n) is 2.72. The van der Waals surface area contributed by atoms with Gasteiger partial charge >= 0.3 is 11.9 Å². The van der Waals surface area contributed by atoms with Crippen molar-refractivity contribution >= 4 is 11.9 Å². The van der Waals surface area contributed by atoms with Gasteiger partial charge in [0.2, 0.25) is 0 Å². The van der Waals surface area contributed by atoms with Gasteiger partial charge < -0.3 is 14.8 Å². The number of unbranched alkanes of at least 4 members (excludes halogenated alkanes) is 9. The molecule has 0 atom stereocenters. The maximum absolute atomic E-state index is 11.1. The van der Waals surface area contributed by atoms with Crippen molar-refractivity contribution in [2.45, 2.75) is 84.0 Å². The number of hydrogen-bond acceptors (Lipinski definition) is 5. The van der Waals surface area contributed by atoms with Gasteiger partial charge in [0.15, 0.2) is 0 Å². The van der Waals surface area contributed by atoms with E-state index in [1.165, 1.54) is 51.4 Å². The second-order valence-electron chi connectivity index (χ2n) is 6.41. The van der Waals surface area contributed by atoms with Crippen molar-refractivity contribution in [3.8, 4) is 0 Å². The van der Waals surface area contributed by atoms with Crippen LogP contribution in [0.25, 0.3) is 0 Å². The van der Waals surface area contributed by atoms with Crippen LogP contribution in [-0.2, 0) is 14.4 Å². The van der Waals surface area contributed by atoms with Crippen molar-refractivity contribution < 1.29 is 19.5 Å². The zero-order valence-corrected chi connectivity index (χ0v) is 15.3. The third-order valence-electron chi connectivity index (χ3n) is 4.23. The highest BCUT2D eigenvalue weighted by molar-refractivity contribution is 5.69. The molecule has 0 aliphatic carbocycles. The number of carboxylic acids is 1. The Kier molecular flexibility index (Phi) is 15.9. The normalized spacial score (nSPS) is 11.0. The molecule has 0 spiro atoms. The Labute approximate surface area is 146 Å². The van der Waals surface area contributed by atoms with Crippen molar-refractivity contribution in [3.05, 3.63) is 0 Å². The Morgan fingerprint density at radius 2 is 1.33 bits per heavy atom. The van der Waals surface area contributed by atoms with E-state index in [1.54, 1.807) is 0 Å². The molecule has 0 saturated heterocycles. The number of nitrogens with zero attached hydrogens (tertiary/aromatic N) is 1. The average molecular weight is 344 g/mol. The van der Waals surface area contributed by atoms with Gasteiger partial charge in [-0.1, -0.05) is 64.7 Å². The molecule has 6 nitrogen and oxygen atoms in total. The monoisotopic (exact) mass is 344 g/mol. The topological polar surface area (TPSA) is 92.9 Å². The molecule has 0 amide bonds. The van der Waals surface area contributed by atoms with E-state index in [4.69, 9.17) is 11.0 Å². The van der Waals surface area contributed by atoms with Gasteiger partial charge in [-0.15, -0.1) is 0 Å². The van der Waals surface area contributed by atoms with Crippen molar-refractivity contribution in [1.29, 1.82) is 0 Å². The van der Waals surface area contributed by atoms with Gasteiger partial charge in [-0.3, -0.25) is 9.59 Å². The molecule has 3 N–H and O–H groups in total. The van der Waals surface area contributed by atoms with E-state index in [1.807, 2.05) is 4.90 Å². The molecule has 0 aromatic rings. The number of hydrogen-bond donors (Lipinski definition) is 2. The van der Waals surface area contributed by atoms with Gasteiger partial charge in [0.05, 0.1) is 12.8 Å². The molecule has 0 aliphatic rings. The van der Waals surface area contributed by atoms with Crippen LogP contribution in [0.3, 0.4) is 0 Å². The van der Waals surface area contributed by atoms with E-state index < -0.39 is 11.9 Å². The molecule has 6 heteroatoms. The molecule has 142 valence electrons. The lowest BCUT2D eigenvalue weighted by Gasteiger charge is -2.20. The molecule has 0 rings (SSSR count). The summed E-state index contributed by atoms with van der Waals surface area (Å²) < 4.78 is 0. The number of nitrogens with two attached hydrogens (primary N) is 1. The van der Waals surface area contributed by atoms with E-state index in [9.17, 15) is 9.59 Å². The van der Waals surface area contributed by atoms with Crippen molar-refractivity contribution in [3.63, 3.8) is 0 Å². The zero-order valence-electron chi connectivity index (χ0n) is 15.3. The van der Waals surface area contributed by atoms with E-state index in [2.05, 4.69) is 11.8 Å². The highest BCUT2D eigenvalue weighted by Gasteiger charge is 2.10. The summed E-state index contributed by atoms with van der Waals surface area (Å²) in [6, 6.07) is 0. The molecule has 0 aromatic heterocycles. The Balaban J connectivity index is 3.68. The summed E-state index contributed by atoms with van der Waals surface area (Å²) in [6.07, 6.45) is 13.0. The van der Waals surface area contributed by atoms with Crippen molar-refractivity contribution in [1.82, 2.24) is 4.90 Å². The van der Waals surface area contributed by atoms with Crippen LogP contribution in [0.1, 0.15) is 84.0 Å². The van der Waals surface area contributed by atoms with E-state index in [0.717, 1.165) is 19.4 Å². The summed E-state index contributed by atoms with van der Waals surface area (Å²) in [6.45, 7) is 4.02. The molecule has 0 bridgehead atoms. The Hall–Kier alpha value is -1.14. The smallest absolute Gasteiger partial charge is 0.325 e. The number of carbonyl (C=O) groups excluding carboxylic acids is 1. The molecule has 0 fully saturated rings. The van der Waals surface area contributed by atoms with Crippen LogP contribution in [0.4, 0.5) is 0 Å². The molecule has 0 heterocycles. The van der Waals surface area contributed by atoms with Gasteiger partial charge in [-0.25, -0.2) is 0 Å². The van der Waals surface area contributed by atoms with E-state index in [0.29, 0.717) is 13.1 Å². The molecular formula is C18H36N2O4. The minimum absolute atomic E-state index is 0.0927. The second-order valence-corrected chi connectivity index (χ2v) is 6.41.